The van der Waals surface area contributed by atoms with Crippen LogP contribution in [0.1, 0.15) is 17.5 Å². The van der Waals surface area contributed by atoms with E-state index >= 15 is 0 Å². The molecule has 0 unspecified atom stereocenters. The minimum atomic E-state index is -0.983. The first kappa shape index (κ1) is 17.3. The highest BCUT2D eigenvalue weighted by Crippen LogP contribution is 2.22. The summed E-state index contributed by atoms with van der Waals surface area (Å²) in [6.45, 7) is 0.753. The molecule has 10 heteroatoms. The van der Waals surface area contributed by atoms with E-state index in [-0.39, 0.29) is 13.2 Å². The number of fused-ring (bicyclic) bond motifs is 1. The molecule has 2 aromatic heterocycles. The minimum Gasteiger partial charge on any atom is -0.445 e. The van der Waals surface area contributed by atoms with Crippen molar-refractivity contribution in [2.45, 2.75) is 12.7 Å². The number of carbonyl (C=O) groups is 1. The molecule has 0 saturated carbocycles. The molecule has 8 nitrogen and oxygen atoms in total. The number of amides is 1. The maximum Gasteiger partial charge on any atom is 0.410 e. The number of hydrogen-bond donors (Lipinski definition) is 1. The molecule has 27 heavy (non-hydrogen) atoms. The predicted octanol–water partition coefficient (Wildman–Crippen LogP) is 2.34. The zero-order chi connectivity index (χ0) is 18.8. The van der Waals surface area contributed by atoms with Crippen LogP contribution in [0.3, 0.4) is 0 Å². The van der Waals surface area contributed by atoms with Gasteiger partial charge in [0.15, 0.2) is 17.3 Å². The summed E-state index contributed by atoms with van der Waals surface area (Å²) in [5.74, 6) is -1.39. The second kappa shape index (κ2) is 7.23. The normalized spacial score (nSPS) is 17.3. The van der Waals surface area contributed by atoms with Crippen molar-refractivity contribution in [1.29, 1.82) is 0 Å². The quantitative estimate of drug-likeness (QED) is 0.755. The Bertz CT molecular complexity index is 947. The van der Waals surface area contributed by atoms with E-state index in [1.807, 2.05) is 0 Å². The average molecular weight is 375 g/mol. The number of halogens is 2. The number of nitrogens with zero attached hydrogens (tertiary/aromatic N) is 4. The first-order valence-corrected chi connectivity index (χ1v) is 8.23. The number of H-pyrrole nitrogens is 1. The lowest BCUT2D eigenvalue weighted by atomic mass is 10.2. The van der Waals surface area contributed by atoms with Crippen molar-refractivity contribution in [3.8, 4) is 0 Å². The Morgan fingerprint density at radius 1 is 1.37 bits per heavy atom. The monoisotopic (exact) mass is 375 g/mol. The van der Waals surface area contributed by atoms with Crippen molar-refractivity contribution < 1.29 is 23.0 Å². The molecule has 1 aliphatic rings. The van der Waals surface area contributed by atoms with Gasteiger partial charge in [-0.3, -0.25) is 0 Å². The number of morpholine rings is 1. The summed E-state index contributed by atoms with van der Waals surface area (Å²) in [5.41, 5.74) is 1.55. The number of aromatic amines is 1. The van der Waals surface area contributed by atoms with Crippen molar-refractivity contribution in [2.24, 2.45) is 0 Å². The fourth-order valence-electron chi connectivity index (χ4n) is 2.78. The third-order valence-corrected chi connectivity index (χ3v) is 4.16. The van der Waals surface area contributed by atoms with Crippen molar-refractivity contribution in [3.05, 3.63) is 53.7 Å². The topological polar surface area (TPSA) is 93.2 Å². The largest absolute Gasteiger partial charge is 0.445 e. The Morgan fingerprint density at radius 3 is 3.07 bits per heavy atom. The summed E-state index contributed by atoms with van der Waals surface area (Å²) in [6, 6.07) is 3.36. The summed E-state index contributed by atoms with van der Waals surface area (Å²) in [4.78, 5) is 29.2. The SMILES string of the molecule is O=C(OCc1ccc(F)c(F)c1)N1CCO[C@H](c2nc3cncnc3[nH]2)C1. The fraction of sp³-hybridized carbons (Fsp3) is 0.294. The molecule has 1 N–H and O–H groups in total. The molecule has 1 aromatic carbocycles. The van der Waals surface area contributed by atoms with E-state index in [1.165, 1.54) is 17.3 Å². The van der Waals surface area contributed by atoms with Crippen molar-refractivity contribution in [3.63, 3.8) is 0 Å². The highest BCUT2D eigenvalue weighted by Gasteiger charge is 2.28. The summed E-state index contributed by atoms with van der Waals surface area (Å²) in [5, 5.41) is 0. The van der Waals surface area contributed by atoms with Gasteiger partial charge in [-0.15, -0.1) is 0 Å². The number of benzene rings is 1. The molecule has 1 fully saturated rings. The zero-order valence-electron chi connectivity index (χ0n) is 14.1. The van der Waals surface area contributed by atoms with E-state index in [9.17, 15) is 13.6 Å². The maximum atomic E-state index is 13.2. The maximum absolute atomic E-state index is 13.2. The van der Waals surface area contributed by atoms with Crippen molar-refractivity contribution >= 4 is 17.3 Å². The van der Waals surface area contributed by atoms with E-state index in [4.69, 9.17) is 9.47 Å². The van der Waals surface area contributed by atoms with Gasteiger partial charge in [0.05, 0.1) is 19.3 Å². The number of carbonyl (C=O) groups excluding carboxylic acids is 1. The van der Waals surface area contributed by atoms with Gasteiger partial charge in [0.1, 0.15) is 30.4 Å². The van der Waals surface area contributed by atoms with E-state index in [0.29, 0.717) is 35.7 Å². The van der Waals surface area contributed by atoms with Crippen LogP contribution in [0, 0.1) is 11.6 Å². The van der Waals surface area contributed by atoms with E-state index in [2.05, 4.69) is 19.9 Å². The highest BCUT2D eigenvalue weighted by atomic mass is 19.2. The molecule has 3 heterocycles. The van der Waals surface area contributed by atoms with Crippen LogP contribution in [0.15, 0.2) is 30.7 Å². The Hall–Kier alpha value is -3.14. The van der Waals surface area contributed by atoms with Crippen LogP contribution in [0.25, 0.3) is 11.2 Å². The number of nitrogens with one attached hydrogen (secondary N) is 1. The number of imidazole rings is 1. The molecule has 0 aliphatic carbocycles. The standard InChI is InChI=1S/C17H15F2N5O3/c18-11-2-1-10(5-12(11)19)8-27-17(25)24-3-4-26-14(7-24)16-22-13-6-20-9-21-15(13)23-16/h1-2,5-6,9,14H,3-4,7-8H2,(H,20,21,22,23)/t14-/m0/s1. The molecule has 1 aliphatic heterocycles. The molecule has 140 valence electrons. The molecule has 0 radical (unpaired) electrons. The molecule has 0 bridgehead atoms. The molecular formula is C17H15F2N5O3. The number of ether oxygens (including phenoxy) is 2. The minimum absolute atomic E-state index is 0.154. The number of hydrogen-bond acceptors (Lipinski definition) is 6. The van der Waals surface area contributed by atoms with Gasteiger partial charge in [-0.2, -0.15) is 0 Å². The number of rotatable bonds is 3. The second-order valence-electron chi connectivity index (χ2n) is 5.99. The Kier molecular flexibility index (Phi) is 4.63. The van der Waals surface area contributed by atoms with Crippen LogP contribution in [-0.4, -0.2) is 50.6 Å². The van der Waals surface area contributed by atoms with Crippen LogP contribution < -0.4 is 0 Å². The van der Waals surface area contributed by atoms with Gasteiger partial charge in [0, 0.05) is 6.54 Å². The third kappa shape index (κ3) is 3.70. The first-order chi connectivity index (χ1) is 13.1. The first-order valence-electron chi connectivity index (χ1n) is 8.23. The molecule has 1 atom stereocenters. The predicted molar refractivity (Wildman–Crippen MR) is 88.5 cm³/mol. The van der Waals surface area contributed by atoms with E-state index in [1.54, 1.807) is 6.20 Å². The van der Waals surface area contributed by atoms with Gasteiger partial charge >= 0.3 is 6.09 Å². The molecule has 0 spiro atoms. The molecular weight excluding hydrogens is 360 g/mol. The Balaban J connectivity index is 1.39. The summed E-state index contributed by atoms with van der Waals surface area (Å²) < 4.78 is 37.0. The van der Waals surface area contributed by atoms with Gasteiger partial charge in [-0.25, -0.2) is 28.5 Å². The van der Waals surface area contributed by atoms with Crippen LogP contribution >= 0.6 is 0 Å². The third-order valence-electron chi connectivity index (χ3n) is 4.16. The van der Waals surface area contributed by atoms with Gasteiger partial charge in [0.25, 0.3) is 0 Å². The van der Waals surface area contributed by atoms with Crippen LogP contribution in [0.2, 0.25) is 0 Å². The van der Waals surface area contributed by atoms with E-state index < -0.39 is 23.8 Å². The summed E-state index contributed by atoms with van der Waals surface area (Å²) in [7, 11) is 0. The van der Waals surface area contributed by atoms with Crippen molar-refractivity contribution in [2.75, 3.05) is 19.7 Å². The van der Waals surface area contributed by atoms with Gasteiger partial charge in [0.2, 0.25) is 0 Å². The average Bonchev–Trinajstić information content (AvgIpc) is 3.13. The lowest BCUT2D eigenvalue weighted by molar-refractivity contribution is -0.0330. The molecule has 1 amide bonds. The number of aromatic nitrogens is 4. The van der Waals surface area contributed by atoms with Crippen LogP contribution in [0.5, 0.6) is 0 Å². The highest BCUT2D eigenvalue weighted by molar-refractivity contribution is 5.69. The van der Waals surface area contributed by atoms with Crippen molar-refractivity contribution in [1.82, 2.24) is 24.8 Å². The summed E-state index contributed by atoms with van der Waals surface area (Å²) >= 11 is 0. The molecule has 1 saturated heterocycles. The second-order valence-corrected chi connectivity index (χ2v) is 5.99. The molecule has 4 rings (SSSR count). The van der Waals surface area contributed by atoms with Gasteiger partial charge in [-0.05, 0) is 17.7 Å². The van der Waals surface area contributed by atoms with Crippen LogP contribution in [0.4, 0.5) is 13.6 Å². The van der Waals surface area contributed by atoms with E-state index in [0.717, 1.165) is 12.1 Å². The molecule has 3 aromatic rings. The van der Waals surface area contributed by atoms with Crippen LogP contribution in [-0.2, 0) is 16.1 Å². The Morgan fingerprint density at radius 2 is 2.26 bits per heavy atom. The smallest absolute Gasteiger partial charge is 0.410 e. The Labute approximate surface area is 152 Å². The lowest BCUT2D eigenvalue weighted by Gasteiger charge is -2.31. The fourth-order valence-corrected chi connectivity index (χ4v) is 2.78. The van der Waals surface area contributed by atoms with Gasteiger partial charge in [-0.1, -0.05) is 6.07 Å². The van der Waals surface area contributed by atoms with Gasteiger partial charge < -0.3 is 19.4 Å². The zero-order valence-corrected chi connectivity index (χ0v) is 14.1. The lowest BCUT2D eigenvalue weighted by Crippen LogP contribution is -2.42. The summed E-state index contributed by atoms with van der Waals surface area (Å²) in [6.07, 6.45) is 1.97.